The van der Waals surface area contributed by atoms with Gasteiger partial charge in [-0.05, 0) is 47.6 Å². The van der Waals surface area contributed by atoms with Crippen molar-refractivity contribution in [2.45, 2.75) is 117 Å². The van der Waals surface area contributed by atoms with E-state index in [2.05, 4.69) is 50.2 Å². The Morgan fingerprint density at radius 1 is 0.517 bits per heavy atom. The fraction of sp³-hybridized carbons (Fsp3) is 0.643. The van der Waals surface area contributed by atoms with E-state index in [4.69, 9.17) is 0 Å². The smallest absolute Gasteiger partial charge is 0 e. The number of hydrogen-bond acceptors (Lipinski definition) is 0. The molecule has 0 aromatic heterocycles. The number of unbranched alkanes of at least 4 members (excludes halogenated alkanes) is 12. The Balaban J connectivity index is 0.00000420. The van der Waals surface area contributed by atoms with Gasteiger partial charge in [0, 0.05) is 18.9 Å². The molecule has 1 heteroatoms. The maximum atomic E-state index is 2.43. The molecule has 0 spiro atoms. The van der Waals surface area contributed by atoms with Crippen LogP contribution in [0.3, 0.4) is 0 Å². The monoisotopic (exact) mass is 387 g/mol. The third kappa shape index (κ3) is 10.2. The summed E-state index contributed by atoms with van der Waals surface area (Å²) >= 11 is 0. The van der Waals surface area contributed by atoms with Gasteiger partial charge < -0.3 is 0 Å². The van der Waals surface area contributed by atoms with E-state index in [1.54, 1.807) is 11.1 Å². The van der Waals surface area contributed by atoms with Crippen LogP contribution in [0.2, 0.25) is 0 Å². The average Bonchev–Trinajstić information content (AvgIpc) is 2.73. The Kier molecular flexibility index (Phi) is 15.5. The second kappa shape index (κ2) is 17.0. The Bertz CT molecular complexity index is 646. The van der Waals surface area contributed by atoms with Gasteiger partial charge in [-0.25, -0.2) is 0 Å². The Morgan fingerprint density at radius 3 is 1.66 bits per heavy atom. The molecule has 29 heavy (non-hydrogen) atoms. The molecule has 0 amide bonds. The molecule has 1 radical (unpaired) electrons. The normalized spacial score (nSPS) is 11.0. The molecule has 0 bridgehead atoms. The van der Waals surface area contributed by atoms with Crippen LogP contribution in [0.15, 0.2) is 36.4 Å². The van der Waals surface area contributed by atoms with E-state index < -0.39 is 0 Å². The fourth-order valence-electron chi connectivity index (χ4n) is 4.44. The van der Waals surface area contributed by atoms with Gasteiger partial charge in [0.2, 0.25) is 0 Å². The van der Waals surface area contributed by atoms with Crippen molar-refractivity contribution < 1.29 is 0 Å². The van der Waals surface area contributed by atoms with E-state index in [0.29, 0.717) is 0 Å². The summed E-state index contributed by atoms with van der Waals surface area (Å²) in [5.41, 5.74) is 3.27. The Hall–Kier alpha value is -0.703. The molecule has 0 N–H and O–H groups in total. The second-order valence-electron chi connectivity index (χ2n) is 8.67. The molecule has 0 aliphatic rings. The molecule has 0 saturated heterocycles. The van der Waals surface area contributed by atoms with Crippen molar-refractivity contribution in [1.82, 2.24) is 0 Å². The summed E-state index contributed by atoms with van der Waals surface area (Å²) in [7, 11) is 0. The minimum atomic E-state index is 0. The van der Waals surface area contributed by atoms with Gasteiger partial charge >= 0.3 is 0 Å². The molecular weight excluding hydrogens is 343 g/mol. The van der Waals surface area contributed by atoms with E-state index in [9.17, 15) is 0 Å². The third-order valence-corrected chi connectivity index (χ3v) is 6.22. The molecular formula is C28H44Li. The zero-order valence-electron chi connectivity index (χ0n) is 19.8. The molecule has 0 atom stereocenters. The van der Waals surface area contributed by atoms with E-state index >= 15 is 0 Å². The van der Waals surface area contributed by atoms with Crippen LogP contribution in [0, 0.1) is 0 Å². The van der Waals surface area contributed by atoms with Crippen LogP contribution >= 0.6 is 0 Å². The predicted molar refractivity (Wildman–Crippen MR) is 133 cm³/mol. The van der Waals surface area contributed by atoms with Gasteiger partial charge in [0.15, 0.2) is 0 Å². The number of benzene rings is 2. The van der Waals surface area contributed by atoms with Crippen LogP contribution in [0.5, 0.6) is 0 Å². The largest absolute Gasteiger partial charge is 0.0654 e. The van der Waals surface area contributed by atoms with Gasteiger partial charge in [-0.3, -0.25) is 0 Å². The number of hydrogen-bond donors (Lipinski definition) is 0. The Morgan fingerprint density at radius 2 is 1.03 bits per heavy atom. The Labute approximate surface area is 193 Å². The standard InChI is InChI=1S/C28H44.Li/c1-3-5-7-9-11-13-15-19-25-23-24-26-20-17-18-22-28(26)27(25)21-16-14-12-10-8-6-4-2;/h17-18,20,22-24H,3-16,19,21H2,1-2H3;. The van der Waals surface area contributed by atoms with Crippen molar-refractivity contribution in [1.29, 1.82) is 0 Å². The molecule has 0 fully saturated rings. The van der Waals surface area contributed by atoms with Crippen LogP contribution in [0.1, 0.15) is 115 Å². The maximum absolute atomic E-state index is 2.43. The molecule has 0 aliphatic heterocycles. The minimum absolute atomic E-state index is 0. The zero-order chi connectivity index (χ0) is 19.9. The van der Waals surface area contributed by atoms with Crippen molar-refractivity contribution in [2.75, 3.05) is 0 Å². The quantitative estimate of drug-likeness (QED) is 0.199. The van der Waals surface area contributed by atoms with E-state index in [-0.39, 0.29) is 18.9 Å². The summed E-state index contributed by atoms with van der Waals surface area (Å²) in [6.07, 6.45) is 22.1. The van der Waals surface area contributed by atoms with Crippen molar-refractivity contribution in [2.24, 2.45) is 0 Å². The number of rotatable bonds is 16. The summed E-state index contributed by atoms with van der Waals surface area (Å²) in [6, 6.07) is 13.8. The molecule has 0 saturated carbocycles. The molecule has 157 valence electrons. The van der Waals surface area contributed by atoms with Gasteiger partial charge in [-0.2, -0.15) is 0 Å². The van der Waals surface area contributed by atoms with Gasteiger partial charge in [-0.15, -0.1) is 0 Å². The summed E-state index contributed by atoms with van der Waals surface area (Å²) in [5.74, 6) is 0. The SMILES string of the molecule is CCCCCCCCCc1ccc2ccccc2c1CCCCCCCCC.[Li]. The molecule has 2 rings (SSSR count). The minimum Gasteiger partial charge on any atom is -0.0654 e. The summed E-state index contributed by atoms with van der Waals surface area (Å²) < 4.78 is 0. The third-order valence-electron chi connectivity index (χ3n) is 6.22. The second-order valence-corrected chi connectivity index (χ2v) is 8.67. The van der Waals surface area contributed by atoms with Crippen molar-refractivity contribution in [3.05, 3.63) is 47.5 Å². The van der Waals surface area contributed by atoms with Gasteiger partial charge in [0.05, 0.1) is 0 Å². The predicted octanol–water partition coefficient (Wildman–Crippen LogP) is 9.05. The summed E-state index contributed by atoms with van der Waals surface area (Å²) in [5, 5.41) is 2.93. The molecule has 2 aromatic carbocycles. The van der Waals surface area contributed by atoms with Gasteiger partial charge in [0.1, 0.15) is 0 Å². The first-order valence-electron chi connectivity index (χ1n) is 12.4. The first-order valence-corrected chi connectivity index (χ1v) is 12.4. The first-order chi connectivity index (χ1) is 13.9. The maximum Gasteiger partial charge on any atom is 0 e. The zero-order valence-corrected chi connectivity index (χ0v) is 19.8. The molecule has 0 aliphatic carbocycles. The summed E-state index contributed by atoms with van der Waals surface area (Å²) in [4.78, 5) is 0. The first kappa shape index (κ1) is 26.3. The van der Waals surface area contributed by atoms with Crippen LogP contribution in [0.25, 0.3) is 10.8 Å². The van der Waals surface area contributed by atoms with Crippen molar-refractivity contribution in [3.8, 4) is 0 Å². The van der Waals surface area contributed by atoms with Crippen molar-refractivity contribution >= 4 is 29.6 Å². The van der Waals surface area contributed by atoms with Crippen LogP contribution in [0.4, 0.5) is 0 Å². The van der Waals surface area contributed by atoms with E-state index in [1.165, 1.54) is 114 Å². The van der Waals surface area contributed by atoms with Crippen LogP contribution in [-0.4, -0.2) is 18.9 Å². The number of aryl methyl sites for hydroxylation is 2. The van der Waals surface area contributed by atoms with E-state index in [0.717, 1.165) is 0 Å². The summed E-state index contributed by atoms with van der Waals surface area (Å²) in [6.45, 7) is 4.60. The molecule has 0 nitrogen and oxygen atoms in total. The average molecular weight is 388 g/mol. The molecule has 2 aromatic rings. The van der Waals surface area contributed by atoms with Crippen LogP contribution in [-0.2, 0) is 12.8 Å². The van der Waals surface area contributed by atoms with Gasteiger partial charge in [-0.1, -0.05) is 127 Å². The topological polar surface area (TPSA) is 0 Å². The molecule has 0 heterocycles. The van der Waals surface area contributed by atoms with Crippen LogP contribution < -0.4 is 0 Å². The fourth-order valence-corrected chi connectivity index (χ4v) is 4.44. The van der Waals surface area contributed by atoms with E-state index in [1.807, 2.05) is 0 Å². The van der Waals surface area contributed by atoms with Gasteiger partial charge in [0.25, 0.3) is 0 Å². The molecule has 0 unspecified atom stereocenters. The number of fused-ring (bicyclic) bond motifs is 1. The van der Waals surface area contributed by atoms with Crippen molar-refractivity contribution in [3.63, 3.8) is 0 Å².